The molecule has 2 aromatic rings. The Morgan fingerprint density at radius 3 is 2.90 bits per heavy atom. The van der Waals surface area contributed by atoms with Crippen LogP contribution in [0.2, 0.25) is 5.02 Å². The Bertz CT molecular complexity index is 657. The minimum Gasteiger partial charge on any atom is -0.495 e. The maximum atomic E-state index is 6.07. The summed E-state index contributed by atoms with van der Waals surface area (Å²) < 4.78 is 10.9. The van der Waals surface area contributed by atoms with Gasteiger partial charge in [-0.25, -0.2) is 0 Å². The molecule has 1 aliphatic rings. The van der Waals surface area contributed by atoms with Gasteiger partial charge in [0, 0.05) is 17.5 Å². The van der Waals surface area contributed by atoms with Crippen molar-refractivity contribution >= 4 is 17.3 Å². The van der Waals surface area contributed by atoms with Crippen LogP contribution in [-0.2, 0) is 6.42 Å². The third-order valence-electron chi connectivity index (χ3n) is 3.75. The van der Waals surface area contributed by atoms with E-state index in [9.17, 15) is 0 Å². The molecule has 1 atom stereocenters. The van der Waals surface area contributed by atoms with Gasteiger partial charge in [-0.3, -0.25) is 0 Å². The van der Waals surface area contributed by atoms with E-state index in [2.05, 4.69) is 24.4 Å². The minimum atomic E-state index is 0.156. The molecular weight excluding hydrogens is 286 g/mol. The molecule has 4 heteroatoms. The molecule has 0 saturated heterocycles. The van der Waals surface area contributed by atoms with Crippen molar-refractivity contribution in [2.75, 3.05) is 19.0 Å². The largest absolute Gasteiger partial charge is 0.495 e. The molecule has 2 aromatic carbocycles. The number of benzene rings is 2. The first-order valence-electron chi connectivity index (χ1n) is 7.03. The van der Waals surface area contributed by atoms with Gasteiger partial charge in [0.15, 0.2) is 0 Å². The third-order valence-corrected chi connectivity index (χ3v) is 3.98. The van der Waals surface area contributed by atoms with Crippen molar-refractivity contribution in [2.45, 2.75) is 19.4 Å². The van der Waals surface area contributed by atoms with Crippen molar-refractivity contribution in [1.29, 1.82) is 0 Å². The summed E-state index contributed by atoms with van der Waals surface area (Å²) >= 11 is 6.07. The van der Waals surface area contributed by atoms with E-state index in [4.69, 9.17) is 21.1 Å². The SMILES string of the molecule is COc1ccc(Cl)cc1NC(C)c1ccc2c(c1)CCO2. The van der Waals surface area contributed by atoms with Crippen molar-refractivity contribution in [3.8, 4) is 11.5 Å². The molecule has 0 saturated carbocycles. The molecule has 3 nitrogen and oxygen atoms in total. The highest BCUT2D eigenvalue weighted by atomic mass is 35.5. The van der Waals surface area contributed by atoms with Crippen LogP contribution in [0.3, 0.4) is 0 Å². The normalized spacial score (nSPS) is 14.2. The first-order chi connectivity index (χ1) is 10.2. The van der Waals surface area contributed by atoms with Crippen molar-refractivity contribution in [3.63, 3.8) is 0 Å². The number of ether oxygens (including phenoxy) is 2. The maximum Gasteiger partial charge on any atom is 0.142 e. The molecule has 1 N–H and O–H groups in total. The molecule has 21 heavy (non-hydrogen) atoms. The molecule has 1 heterocycles. The minimum absolute atomic E-state index is 0.156. The van der Waals surface area contributed by atoms with E-state index in [1.165, 1.54) is 11.1 Å². The van der Waals surface area contributed by atoms with Gasteiger partial charge >= 0.3 is 0 Å². The quantitative estimate of drug-likeness (QED) is 0.905. The van der Waals surface area contributed by atoms with Gasteiger partial charge in [0.05, 0.1) is 19.4 Å². The fourth-order valence-electron chi connectivity index (χ4n) is 2.59. The molecular formula is C17H18ClNO2. The molecule has 0 aliphatic carbocycles. The summed E-state index contributed by atoms with van der Waals surface area (Å²) in [6, 6.07) is 12.1. The van der Waals surface area contributed by atoms with E-state index < -0.39 is 0 Å². The monoisotopic (exact) mass is 303 g/mol. The van der Waals surface area contributed by atoms with E-state index in [0.29, 0.717) is 5.02 Å². The highest BCUT2D eigenvalue weighted by Crippen LogP contribution is 2.33. The summed E-state index contributed by atoms with van der Waals surface area (Å²) in [6.07, 6.45) is 0.983. The van der Waals surface area contributed by atoms with Crippen molar-refractivity contribution < 1.29 is 9.47 Å². The summed E-state index contributed by atoms with van der Waals surface area (Å²) in [4.78, 5) is 0. The van der Waals surface area contributed by atoms with Crippen LogP contribution >= 0.6 is 11.6 Å². The lowest BCUT2D eigenvalue weighted by Crippen LogP contribution is -2.08. The second-order valence-electron chi connectivity index (χ2n) is 5.18. The van der Waals surface area contributed by atoms with Crippen LogP contribution in [0.25, 0.3) is 0 Å². The number of rotatable bonds is 4. The number of methoxy groups -OCH3 is 1. The molecule has 1 unspecified atom stereocenters. The summed E-state index contributed by atoms with van der Waals surface area (Å²) in [5.74, 6) is 1.79. The average molecular weight is 304 g/mol. The van der Waals surface area contributed by atoms with E-state index in [1.54, 1.807) is 7.11 Å². The molecule has 1 aliphatic heterocycles. The molecule has 0 spiro atoms. The van der Waals surface area contributed by atoms with Crippen LogP contribution in [0.4, 0.5) is 5.69 Å². The zero-order chi connectivity index (χ0) is 14.8. The Hall–Kier alpha value is -1.87. The van der Waals surface area contributed by atoms with Crippen LogP contribution in [0, 0.1) is 0 Å². The number of halogens is 1. The lowest BCUT2D eigenvalue weighted by Gasteiger charge is -2.18. The Kier molecular flexibility index (Phi) is 3.93. The summed E-state index contributed by atoms with van der Waals surface area (Å²) in [5, 5.41) is 4.15. The van der Waals surface area contributed by atoms with E-state index in [-0.39, 0.29) is 6.04 Å². The number of fused-ring (bicyclic) bond motifs is 1. The van der Waals surface area contributed by atoms with Gasteiger partial charge in [-0.15, -0.1) is 0 Å². The maximum absolute atomic E-state index is 6.07. The third kappa shape index (κ3) is 2.93. The predicted molar refractivity (Wildman–Crippen MR) is 85.7 cm³/mol. The highest BCUT2D eigenvalue weighted by molar-refractivity contribution is 6.30. The molecule has 0 fully saturated rings. The van der Waals surface area contributed by atoms with Crippen LogP contribution < -0.4 is 14.8 Å². The number of hydrogen-bond acceptors (Lipinski definition) is 3. The predicted octanol–water partition coefficient (Wildman–Crippen LogP) is 4.46. The van der Waals surface area contributed by atoms with Gasteiger partial charge in [0.25, 0.3) is 0 Å². The standard InChI is InChI=1S/C17H18ClNO2/c1-11(12-3-5-16-13(9-12)7-8-21-16)19-15-10-14(18)4-6-17(15)20-2/h3-6,9-11,19H,7-8H2,1-2H3. The fraction of sp³-hybridized carbons (Fsp3) is 0.294. The Morgan fingerprint density at radius 1 is 1.24 bits per heavy atom. The van der Waals surface area contributed by atoms with Crippen LogP contribution in [-0.4, -0.2) is 13.7 Å². The van der Waals surface area contributed by atoms with Gasteiger partial charge in [0.2, 0.25) is 0 Å². The second kappa shape index (κ2) is 5.86. The highest BCUT2D eigenvalue weighted by Gasteiger charge is 2.15. The Labute approximate surface area is 129 Å². The van der Waals surface area contributed by atoms with Gasteiger partial charge in [0.1, 0.15) is 11.5 Å². The van der Waals surface area contributed by atoms with Gasteiger partial charge in [-0.1, -0.05) is 17.7 Å². The van der Waals surface area contributed by atoms with Gasteiger partial charge in [-0.05, 0) is 48.4 Å². The topological polar surface area (TPSA) is 30.5 Å². The number of nitrogens with one attached hydrogen (secondary N) is 1. The van der Waals surface area contributed by atoms with Crippen LogP contribution in [0.5, 0.6) is 11.5 Å². The fourth-order valence-corrected chi connectivity index (χ4v) is 2.76. The molecule has 110 valence electrons. The van der Waals surface area contributed by atoms with Gasteiger partial charge < -0.3 is 14.8 Å². The summed E-state index contributed by atoms with van der Waals surface area (Å²) in [6.45, 7) is 2.90. The van der Waals surface area contributed by atoms with E-state index >= 15 is 0 Å². The Morgan fingerprint density at radius 2 is 2.10 bits per heavy atom. The zero-order valence-corrected chi connectivity index (χ0v) is 12.9. The van der Waals surface area contributed by atoms with Crippen molar-refractivity contribution in [1.82, 2.24) is 0 Å². The smallest absolute Gasteiger partial charge is 0.142 e. The summed E-state index contributed by atoms with van der Waals surface area (Å²) in [7, 11) is 1.66. The molecule has 0 bridgehead atoms. The lowest BCUT2D eigenvalue weighted by molar-refractivity contribution is 0.357. The summed E-state index contributed by atoms with van der Waals surface area (Å²) in [5.41, 5.74) is 3.40. The van der Waals surface area contributed by atoms with E-state index in [1.807, 2.05) is 24.3 Å². The molecule has 0 amide bonds. The average Bonchev–Trinajstić information content (AvgIpc) is 2.94. The van der Waals surface area contributed by atoms with E-state index in [0.717, 1.165) is 30.2 Å². The number of anilines is 1. The number of hydrogen-bond donors (Lipinski definition) is 1. The van der Waals surface area contributed by atoms with Crippen molar-refractivity contribution in [3.05, 3.63) is 52.5 Å². The Balaban J connectivity index is 1.83. The van der Waals surface area contributed by atoms with Crippen LogP contribution in [0.1, 0.15) is 24.1 Å². The molecule has 0 aromatic heterocycles. The first kappa shape index (κ1) is 14.1. The zero-order valence-electron chi connectivity index (χ0n) is 12.2. The molecule has 0 radical (unpaired) electrons. The van der Waals surface area contributed by atoms with Crippen molar-refractivity contribution in [2.24, 2.45) is 0 Å². The van der Waals surface area contributed by atoms with Crippen LogP contribution in [0.15, 0.2) is 36.4 Å². The first-order valence-corrected chi connectivity index (χ1v) is 7.41. The van der Waals surface area contributed by atoms with Gasteiger partial charge in [-0.2, -0.15) is 0 Å². The lowest BCUT2D eigenvalue weighted by atomic mass is 10.0. The molecule has 3 rings (SSSR count). The second-order valence-corrected chi connectivity index (χ2v) is 5.61.